The fraction of sp³-hybridized carbons (Fsp3) is 0.385. The molecule has 0 spiro atoms. The van der Waals surface area contributed by atoms with Crippen LogP contribution in [-0.2, 0) is 27.4 Å². The molecule has 1 aromatic heterocycles. The maximum atomic E-state index is 13.1. The number of methoxy groups -OCH3 is 1. The first-order chi connectivity index (χ1) is 16.0. The normalized spacial score (nSPS) is 18.3. The Morgan fingerprint density at radius 3 is 2.55 bits per heavy atom. The van der Waals surface area contributed by atoms with Gasteiger partial charge in [0.05, 0.1) is 38.1 Å². The molecule has 7 heteroatoms. The van der Waals surface area contributed by atoms with Crippen LogP contribution in [0.25, 0.3) is 11.5 Å². The van der Waals surface area contributed by atoms with Crippen LogP contribution in [0.2, 0.25) is 0 Å². The molecule has 1 fully saturated rings. The maximum Gasteiger partial charge on any atom is 0.338 e. The van der Waals surface area contributed by atoms with E-state index in [4.69, 9.17) is 18.6 Å². The number of benzene rings is 2. The minimum Gasteiger partial charge on any atom is -0.465 e. The zero-order chi connectivity index (χ0) is 23.2. The molecule has 0 N–H and O–H groups in total. The van der Waals surface area contributed by atoms with Crippen molar-refractivity contribution >= 4 is 5.97 Å². The quantitative estimate of drug-likeness (QED) is 0.412. The number of hydrogen-bond acceptors (Lipinski definition) is 6. The van der Waals surface area contributed by atoms with Gasteiger partial charge in [-0.25, -0.2) is 14.2 Å². The predicted molar refractivity (Wildman–Crippen MR) is 120 cm³/mol. The zero-order valence-corrected chi connectivity index (χ0v) is 18.9. The molecular formula is C26H28FNO5. The summed E-state index contributed by atoms with van der Waals surface area (Å²) < 4.78 is 35.8. The highest BCUT2D eigenvalue weighted by molar-refractivity contribution is 5.92. The highest BCUT2D eigenvalue weighted by atomic mass is 19.1. The van der Waals surface area contributed by atoms with Crippen LogP contribution in [0.5, 0.6) is 0 Å². The summed E-state index contributed by atoms with van der Waals surface area (Å²) in [6, 6.07) is 11.7. The molecule has 2 atom stereocenters. The van der Waals surface area contributed by atoms with Gasteiger partial charge in [0.2, 0.25) is 5.89 Å². The number of esters is 1. The van der Waals surface area contributed by atoms with E-state index < -0.39 is 0 Å². The summed E-state index contributed by atoms with van der Waals surface area (Å²) in [5.41, 5.74) is 3.70. The first-order valence-electron chi connectivity index (χ1n) is 11.1. The highest BCUT2D eigenvalue weighted by Crippen LogP contribution is 2.27. The molecule has 1 saturated carbocycles. The van der Waals surface area contributed by atoms with Gasteiger partial charge in [0.15, 0.2) is 0 Å². The summed E-state index contributed by atoms with van der Waals surface area (Å²) >= 11 is 0. The second kappa shape index (κ2) is 10.7. The number of hydrogen-bond donors (Lipinski definition) is 0. The van der Waals surface area contributed by atoms with Crippen molar-refractivity contribution in [2.45, 2.75) is 58.0 Å². The Balaban J connectivity index is 1.30. The van der Waals surface area contributed by atoms with Gasteiger partial charge in [0.25, 0.3) is 0 Å². The molecule has 1 aliphatic carbocycles. The highest BCUT2D eigenvalue weighted by Gasteiger charge is 2.24. The van der Waals surface area contributed by atoms with Crippen LogP contribution in [-0.4, -0.2) is 30.3 Å². The van der Waals surface area contributed by atoms with Gasteiger partial charge < -0.3 is 18.6 Å². The fourth-order valence-corrected chi connectivity index (χ4v) is 4.16. The zero-order valence-electron chi connectivity index (χ0n) is 18.9. The summed E-state index contributed by atoms with van der Waals surface area (Å²) in [5, 5.41) is 0. The van der Waals surface area contributed by atoms with E-state index in [1.54, 1.807) is 18.4 Å². The fourth-order valence-electron chi connectivity index (χ4n) is 4.16. The van der Waals surface area contributed by atoms with Crippen molar-refractivity contribution in [3.63, 3.8) is 0 Å². The lowest BCUT2D eigenvalue weighted by molar-refractivity contribution is -0.0563. The number of carbonyl (C=O) groups is 1. The molecule has 6 nitrogen and oxygen atoms in total. The molecule has 4 rings (SSSR count). The third kappa shape index (κ3) is 5.86. The van der Waals surface area contributed by atoms with Gasteiger partial charge in [-0.3, -0.25) is 0 Å². The average molecular weight is 454 g/mol. The molecule has 0 saturated heterocycles. The largest absolute Gasteiger partial charge is 0.465 e. The summed E-state index contributed by atoms with van der Waals surface area (Å²) in [4.78, 5) is 16.6. The smallest absolute Gasteiger partial charge is 0.338 e. The van der Waals surface area contributed by atoms with Gasteiger partial charge in [-0.1, -0.05) is 18.2 Å². The van der Waals surface area contributed by atoms with E-state index in [9.17, 15) is 9.18 Å². The van der Waals surface area contributed by atoms with Gasteiger partial charge in [-0.2, -0.15) is 0 Å². The first-order valence-corrected chi connectivity index (χ1v) is 11.1. The van der Waals surface area contributed by atoms with Gasteiger partial charge >= 0.3 is 5.97 Å². The molecule has 2 aromatic carbocycles. The lowest BCUT2D eigenvalue weighted by atomic mass is 9.94. The van der Waals surface area contributed by atoms with Crippen LogP contribution >= 0.6 is 0 Å². The summed E-state index contributed by atoms with van der Waals surface area (Å²) in [5.74, 6) is -0.200. The van der Waals surface area contributed by atoms with Crippen LogP contribution < -0.4 is 0 Å². The Morgan fingerprint density at radius 2 is 1.82 bits per heavy atom. The van der Waals surface area contributed by atoms with Gasteiger partial charge in [-0.05, 0) is 68.0 Å². The predicted octanol–water partition coefficient (Wildman–Crippen LogP) is 5.62. The van der Waals surface area contributed by atoms with E-state index in [2.05, 4.69) is 4.98 Å². The van der Waals surface area contributed by atoms with Crippen LogP contribution in [0.3, 0.4) is 0 Å². The second-order valence-electron chi connectivity index (χ2n) is 8.28. The number of nitrogens with zero attached hydrogens (tertiary/aromatic N) is 1. The van der Waals surface area contributed by atoms with Gasteiger partial charge in [0.1, 0.15) is 17.8 Å². The third-order valence-corrected chi connectivity index (χ3v) is 5.91. The summed E-state index contributed by atoms with van der Waals surface area (Å²) in [6.07, 6.45) is 5.39. The minimum absolute atomic E-state index is 0.0573. The van der Waals surface area contributed by atoms with Crippen molar-refractivity contribution in [3.05, 3.63) is 76.9 Å². The molecule has 0 amide bonds. The summed E-state index contributed by atoms with van der Waals surface area (Å²) in [6.45, 7) is 2.59. The van der Waals surface area contributed by atoms with Crippen LogP contribution in [0.1, 0.15) is 52.9 Å². The van der Waals surface area contributed by atoms with E-state index in [1.807, 2.05) is 25.1 Å². The Hall–Kier alpha value is -3.03. The monoisotopic (exact) mass is 453 g/mol. The lowest BCUT2D eigenvalue weighted by Crippen LogP contribution is -2.28. The topological polar surface area (TPSA) is 70.8 Å². The summed E-state index contributed by atoms with van der Waals surface area (Å²) in [7, 11) is 1.39. The van der Waals surface area contributed by atoms with Crippen molar-refractivity contribution in [1.29, 1.82) is 0 Å². The van der Waals surface area contributed by atoms with E-state index >= 15 is 0 Å². The van der Waals surface area contributed by atoms with E-state index in [-0.39, 0.29) is 24.0 Å². The Labute approximate surface area is 192 Å². The standard InChI is InChI=1S/C26H28FNO5/c1-17-5-3-6-19(24(17)26(29)30-2)14-31-22-7-4-8-23(13-22)32-15-21-16-33-25(28-21)18-9-11-20(27)12-10-18/h3,5-6,9-12,16,22-23H,4,7-8,13-15H2,1-2H3/t22?,23-/m1/s1. The molecule has 0 bridgehead atoms. The number of oxazole rings is 1. The SMILES string of the molecule is COC(=O)c1c(C)cccc1COC1CCC[C@@H](OCc2coc(-c3ccc(F)cc3)n2)C1. The molecular weight excluding hydrogens is 425 g/mol. The van der Waals surface area contributed by atoms with Crippen LogP contribution in [0.15, 0.2) is 53.1 Å². The van der Waals surface area contributed by atoms with Crippen molar-refractivity contribution in [2.24, 2.45) is 0 Å². The van der Waals surface area contributed by atoms with Crippen molar-refractivity contribution < 1.29 is 27.8 Å². The number of ether oxygens (including phenoxy) is 3. The molecule has 0 aliphatic heterocycles. The van der Waals surface area contributed by atoms with E-state index in [0.29, 0.717) is 30.4 Å². The Morgan fingerprint density at radius 1 is 1.09 bits per heavy atom. The van der Waals surface area contributed by atoms with Crippen LogP contribution in [0, 0.1) is 12.7 Å². The van der Waals surface area contributed by atoms with Gasteiger partial charge in [0, 0.05) is 5.56 Å². The van der Waals surface area contributed by atoms with Gasteiger partial charge in [-0.15, -0.1) is 0 Å². The average Bonchev–Trinajstić information content (AvgIpc) is 3.31. The number of aryl methyl sites for hydroxylation is 1. The Kier molecular flexibility index (Phi) is 7.52. The Bertz CT molecular complexity index is 1080. The number of carbonyl (C=O) groups excluding carboxylic acids is 1. The maximum absolute atomic E-state index is 13.1. The molecule has 3 aromatic rings. The third-order valence-electron chi connectivity index (χ3n) is 5.91. The first kappa shape index (κ1) is 23.1. The van der Waals surface area contributed by atoms with E-state index in [0.717, 1.165) is 42.4 Å². The van der Waals surface area contributed by atoms with Crippen LogP contribution in [0.4, 0.5) is 4.39 Å². The number of rotatable bonds is 8. The second-order valence-corrected chi connectivity index (χ2v) is 8.28. The van der Waals surface area contributed by atoms with Crippen molar-refractivity contribution in [1.82, 2.24) is 4.98 Å². The van der Waals surface area contributed by atoms with Crippen molar-refractivity contribution in [3.8, 4) is 11.5 Å². The number of aromatic nitrogens is 1. The molecule has 33 heavy (non-hydrogen) atoms. The minimum atomic E-state index is -0.343. The molecule has 1 unspecified atom stereocenters. The lowest BCUT2D eigenvalue weighted by Gasteiger charge is -2.29. The molecule has 174 valence electrons. The number of halogens is 1. The van der Waals surface area contributed by atoms with Crippen molar-refractivity contribution in [2.75, 3.05) is 7.11 Å². The molecule has 0 radical (unpaired) electrons. The molecule has 1 heterocycles. The van der Waals surface area contributed by atoms with E-state index in [1.165, 1.54) is 19.2 Å². The molecule has 1 aliphatic rings.